The lowest BCUT2D eigenvalue weighted by molar-refractivity contribution is 0.155. The van der Waals surface area contributed by atoms with Crippen molar-refractivity contribution in [3.63, 3.8) is 0 Å². The van der Waals surface area contributed by atoms with Gasteiger partial charge in [-0.15, -0.1) is 0 Å². The second-order valence-electron chi connectivity index (χ2n) is 5.99. The highest BCUT2D eigenvalue weighted by molar-refractivity contribution is 5.88. The van der Waals surface area contributed by atoms with Crippen molar-refractivity contribution in [2.45, 2.75) is 38.1 Å². The molecule has 0 amide bonds. The first kappa shape index (κ1) is 13.3. The molecule has 2 aromatic rings. The van der Waals surface area contributed by atoms with Gasteiger partial charge in [0.2, 0.25) is 0 Å². The van der Waals surface area contributed by atoms with Crippen molar-refractivity contribution in [2.75, 3.05) is 11.9 Å². The van der Waals surface area contributed by atoms with Crippen molar-refractivity contribution >= 4 is 16.7 Å². The van der Waals surface area contributed by atoms with Crippen LogP contribution >= 0.6 is 0 Å². The molecular formula is C16H21N3O. The third-order valence-corrected chi connectivity index (χ3v) is 4.46. The quantitative estimate of drug-likeness (QED) is 0.901. The number of hydrogen-bond acceptors (Lipinski definition) is 4. The largest absolute Gasteiger partial charge is 0.394 e. The summed E-state index contributed by atoms with van der Waals surface area (Å²) < 4.78 is 0. The average Bonchev–Trinajstić information content (AvgIpc) is 2.50. The Labute approximate surface area is 119 Å². The van der Waals surface area contributed by atoms with Gasteiger partial charge in [0.25, 0.3) is 0 Å². The molecule has 1 fully saturated rings. The van der Waals surface area contributed by atoms with Crippen LogP contribution in [0.25, 0.3) is 10.9 Å². The van der Waals surface area contributed by atoms with Gasteiger partial charge in [0, 0.05) is 5.39 Å². The van der Waals surface area contributed by atoms with Crippen molar-refractivity contribution in [2.24, 2.45) is 5.92 Å². The number of para-hydroxylation sites is 1. The topological polar surface area (TPSA) is 58.0 Å². The van der Waals surface area contributed by atoms with Crippen molar-refractivity contribution in [1.82, 2.24) is 9.97 Å². The van der Waals surface area contributed by atoms with E-state index in [1.807, 2.05) is 24.3 Å². The van der Waals surface area contributed by atoms with Crippen LogP contribution in [0.1, 0.15) is 32.6 Å². The molecule has 1 heterocycles. The fraction of sp³-hybridized carbons (Fsp3) is 0.500. The lowest BCUT2D eigenvalue weighted by Crippen LogP contribution is -2.45. The van der Waals surface area contributed by atoms with Crippen LogP contribution in [-0.4, -0.2) is 27.2 Å². The molecule has 20 heavy (non-hydrogen) atoms. The molecule has 0 aliphatic heterocycles. The number of anilines is 1. The molecule has 3 rings (SSSR count). The van der Waals surface area contributed by atoms with E-state index in [4.69, 9.17) is 0 Å². The molecule has 2 N–H and O–H groups in total. The first-order chi connectivity index (χ1) is 9.72. The standard InChI is InChI=1S/C16H21N3O/c1-12-6-8-16(10-20,9-7-12)19-15-13-4-2-3-5-14(13)17-11-18-15/h2-5,11-12,20H,6-10H2,1H3,(H,17,18,19). The highest BCUT2D eigenvalue weighted by Gasteiger charge is 2.34. The third-order valence-electron chi connectivity index (χ3n) is 4.46. The van der Waals surface area contributed by atoms with Gasteiger partial charge in [0.1, 0.15) is 12.1 Å². The van der Waals surface area contributed by atoms with Gasteiger partial charge in [-0.05, 0) is 43.7 Å². The fourth-order valence-electron chi connectivity index (χ4n) is 2.99. The van der Waals surface area contributed by atoms with E-state index in [1.165, 1.54) is 0 Å². The van der Waals surface area contributed by atoms with E-state index in [1.54, 1.807) is 6.33 Å². The van der Waals surface area contributed by atoms with Gasteiger partial charge in [-0.25, -0.2) is 9.97 Å². The Kier molecular flexibility index (Phi) is 3.57. The minimum absolute atomic E-state index is 0.151. The van der Waals surface area contributed by atoms with E-state index < -0.39 is 0 Å². The van der Waals surface area contributed by atoms with E-state index in [2.05, 4.69) is 22.2 Å². The van der Waals surface area contributed by atoms with Crippen LogP contribution in [0.5, 0.6) is 0 Å². The van der Waals surface area contributed by atoms with Crippen LogP contribution in [0.2, 0.25) is 0 Å². The van der Waals surface area contributed by atoms with Gasteiger partial charge in [-0.2, -0.15) is 0 Å². The van der Waals surface area contributed by atoms with Crippen LogP contribution in [0.3, 0.4) is 0 Å². The first-order valence-electron chi connectivity index (χ1n) is 7.31. The van der Waals surface area contributed by atoms with Gasteiger partial charge in [0.15, 0.2) is 0 Å². The Morgan fingerprint density at radius 1 is 1.25 bits per heavy atom. The molecule has 0 bridgehead atoms. The molecular weight excluding hydrogens is 250 g/mol. The summed E-state index contributed by atoms with van der Waals surface area (Å²) in [6.07, 6.45) is 5.86. The van der Waals surface area contributed by atoms with Gasteiger partial charge in [-0.3, -0.25) is 0 Å². The van der Waals surface area contributed by atoms with Gasteiger partial charge < -0.3 is 10.4 Å². The normalized spacial score (nSPS) is 26.6. The molecule has 1 aromatic heterocycles. The molecule has 4 nitrogen and oxygen atoms in total. The summed E-state index contributed by atoms with van der Waals surface area (Å²) >= 11 is 0. The Hall–Kier alpha value is -1.68. The van der Waals surface area contributed by atoms with Crippen LogP contribution < -0.4 is 5.32 Å². The van der Waals surface area contributed by atoms with Crippen LogP contribution in [-0.2, 0) is 0 Å². The van der Waals surface area contributed by atoms with Gasteiger partial charge >= 0.3 is 0 Å². The number of fused-ring (bicyclic) bond motifs is 1. The van der Waals surface area contributed by atoms with Crippen molar-refractivity contribution in [3.8, 4) is 0 Å². The molecule has 1 aliphatic rings. The summed E-state index contributed by atoms with van der Waals surface area (Å²) in [5, 5.41) is 14.4. The molecule has 1 aromatic carbocycles. The van der Waals surface area contributed by atoms with E-state index in [-0.39, 0.29) is 12.1 Å². The predicted molar refractivity (Wildman–Crippen MR) is 80.6 cm³/mol. The molecule has 0 saturated heterocycles. The minimum atomic E-state index is -0.233. The summed E-state index contributed by atoms with van der Waals surface area (Å²) in [6.45, 7) is 2.43. The Bertz CT molecular complexity index is 586. The fourth-order valence-corrected chi connectivity index (χ4v) is 2.99. The first-order valence-corrected chi connectivity index (χ1v) is 7.31. The molecule has 4 heteroatoms. The highest BCUT2D eigenvalue weighted by Crippen LogP contribution is 2.35. The monoisotopic (exact) mass is 271 g/mol. The SMILES string of the molecule is CC1CCC(CO)(Nc2ncnc3ccccc23)CC1. The number of aliphatic hydroxyl groups is 1. The number of benzene rings is 1. The average molecular weight is 271 g/mol. The summed E-state index contributed by atoms with van der Waals surface area (Å²) in [4.78, 5) is 8.66. The Morgan fingerprint density at radius 2 is 2.00 bits per heavy atom. The Balaban J connectivity index is 1.91. The summed E-state index contributed by atoms with van der Waals surface area (Å²) in [5.41, 5.74) is 0.700. The number of rotatable bonds is 3. The maximum absolute atomic E-state index is 9.86. The zero-order chi connectivity index (χ0) is 14.0. The van der Waals surface area contributed by atoms with Crippen LogP contribution in [0.4, 0.5) is 5.82 Å². The minimum Gasteiger partial charge on any atom is -0.394 e. The number of aromatic nitrogens is 2. The number of hydrogen-bond donors (Lipinski definition) is 2. The molecule has 0 spiro atoms. The van der Waals surface area contributed by atoms with Crippen LogP contribution in [0.15, 0.2) is 30.6 Å². The lowest BCUT2D eigenvalue weighted by atomic mass is 9.77. The number of aliphatic hydroxyl groups excluding tert-OH is 1. The lowest BCUT2D eigenvalue weighted by Gasteiger charge is -2.39. The van der Waals surface area contributed by atoms with Gasteiger partial charge in [0.05, 0.1) is 17.7 Å². The van der Waals surface area contributed by atoms with E-state index in [0.29, 0.717) is 0 Å². The summed E-state index contributed by atoms with van der Waals surface area (Å²) in [5.74, 6) is 1.58. The second-order valence-corrected chi connectivity index (χ2v) is 5.99. The van der Waals surface area contributed by atoms with Gasteiger partial charge in [-0.1, -0.05) is 19.1 Å². The molecule has 106 valence electrons. The van der Waals surface area contributed by atoms with E-state index in [0.717, 1.165) is 48.3 Å². The van der Waals surface area contributed by atoms with E-state index in [9.17, 15) is 5.11 Å². The van der Waals surface area contributed by atoms with Crippen molar-refractivity contribution in [1.29, 1.82) is 0 Å². The zero-order valence-corrected chi connectivity index (χ0v) is 11.8. The Morgan fingerprint density at radius 3 is 2.75 bits per heavy atom. The smallest absolute Gasteiger partial charge is 0.137 e. The summed E-state index contributed by atoms with van der Waals surface area (Å²) in [6, 6.07) is 7.97. The maximum atomic E-state index is 9.86. The number of nitrogens with one attached hydrogen (secondary N) is 1. The highest BCUT2D eigenvalue weighted by atomic mass is 16.3. The third kappa shape index (κ3) is 2.48. The van der Waals surface area contributed by atoms with E-state index >= 15 is 0 Å². The molecule has 0 atom stereocenters. The van der Waals surface area contributed by atoms with Crippen molar-refractivity contribution in [3.05, 3.63) is 30.6 Å². The number of nitrogens with zero attached hydrogens (tertiary/aromatic N) is 2. The molecule has 0 unspecified atom stereocenters. The molecule has 1 aliphatic carbocycles. The molecule has 0 radical (unpaired) electrons. The maximum Gasteiger partial charge on any atom is 0.137 e. The molecule has 1 saturated carbocycles. The zero-order valence-electron chi connectivity index (χ0n) is 11.8. The predicted octanol–water partition coefficient (Wildman–Crippen LogP) is 2.98. The van der Waals surface area contributed by atoms with Crippen molar-refractivity contribution < 1.29 is 5.11 Å². The second kappa shape index (κ2) is 5.37. The summed E-state index contributed by atoms with van der Waals surface area (Å²) in [7, 11) is 0. The van der Waals surface area contributed by atoms with Crippen LogP contribution in [0, 0.1) is 5.92 Å².